The molecule has 0 aromatic heterocycles. The van der Waals surface area contributed by atoms with E-state index in [2.05, 4.69) is 5.32 Å². The molecule has 2 N–H and O–H groups in total. The minimum atomic E-state index is -0.735. The molecule has 0 amide bonds. The Morgan fingerprint density at radius 2 is 2.10 bits per heavy atom. The molecule has 0 aliphatic heterocycles. The van der Waals surface area contributed by atoms with Gasteiger partial charge in [0.05, 0.1) is 10.5 Å². The number of rotatable bonds is 4. The average molecular weight is 275 g/mol. The molecule has 1 fully saturated rings. The van der Waals surface area contributed by atoms with Gasteiger partial charge in [-0.1, -0.05) is 19.3 Å². The first-order valence-electron chi connectivity index (χ1n) is 6.69. The van der Waals surface area contributed by atoms with Gasteiger partial charge >= 0.3 is 0 Å². The SMILES string of the molecule is N#Cc1ccc(NCC2(O)CCCCC2)cc1[N+](=O)[O-]. The van der Waals surface area contributed by atoms with Crippen molar-refractivity contribution in [1.29, 1.82) is 5.26 Å². The standard InChI is InChI=1S/C14H17N3O3/c15-9-11-4-5-12(8-13(11)17(19)20)16-10-14(18)6-2-1-3-7-14/h4-5,8,16,18H,1-3,6-7,10H2. The highest BCUT2D eigenvalue weighted by atomic mass is 16.6. The van der Waals surface area contributed by atoms with Gasteiger partial charge in [-0.25, -0.2) is 0 Å². The third kappa shape index (κ3) is 3.25. The Morgan fingerprint density at radius 1 is 1.40 bits per heavy atom. The van der Waals surface area contributed by atoms with Crippen LogP contribution in [0.4, 0.5) is 11.4 Å². The van der Waals surface area contributed by atoms with E-state index in [1.54, 1.807) is 12.1 Å². The van der Waals surface area contributed by atoms with E-state index in [0.717, 1.165) is 32.1 Å². The number of nitrogens with one attached hydrogen (secondary N) is 1. The number of nitriles is 1. The predicted octanol–water partition coefficient (Wildman–Crippen LogP) is 2.57. The number of nitrogens with zero attached hydrogens (tertiary/aromatic N) is 2. The molecule has 0 atom stereocenters. The predicted molar refractivity (Wildman–Crippen MR) is 74.3 cm³/mol. The molecule has 1 aliphatic carbocycles. The molecule has 0 unspecified atom stereocenters. The number of benzene rings is 1. The molecule has 0 spiro atoms. The van der Waals surface area contributed by atoms with Gasteiger partial charge in [0.1, 0.15) is 11.6 Å². The largest absolute Gasteiger partial charge is 0.388 e. The van der Waals surface area contributed by atoms with Gasteiger partial charge in [-0.15, -0.1) is 0 Å². The highest BCUT2D eigenvalue weighted by Crippen LogP contribution is 2.29. The maximum atomic E-state index is 10.9. The van der Waals surface area contributed by atoms with Crippen molar-refractivity contribution in [3.63, 3.8) is 0 Å². The molecule has 6 heteroatoms. The van der Waals surface area contributed by atoms with Crippen LogP contribution in [0.5, 0.6) is 0 Å². The molecule has 0 heterocycles. The van der Waals surface area contributed by atoms with Gasteiger partial charge in [-0.2, -0.15) is 5.26 Å². The van der Waals surface area contributed by atoms with Crippen molar-refractivity contribution >= 4 is 11.4 Å². The third-order valence-electron chi connectivity index (χ3n) is 3.72. The van der Waals surface area contributed by atoms with Crippen LogP contribution < -0.4 is 5.32 Å². The Balaban J connectivity index is 2.08. The quantitative estimate of drug-likeness (QED) is 0.650. The van der Waals surface area contributed by atoms with E-state index in [1.807, 2.05) is 0 Å². The van der Waals surface area contributed by atoms with Crippen LogP contribution in [0.1, 0.15) is 37.7 Å². The molecular weight excluding hydrogens is 258 g/mol. The van der Waals surface area contributed by atoms with Crippen LogP contribution in [-0.2, 0) is 0 Å². The second kappa shape index (κ2) is 5.88. The summed E-state index contributed by atoms with van der Waals surface area (Å²) in [4.78, 5) is 10.3. The molecule has 1 aromatic rings. The zero-order valence-electron chi connectivity index (χ0n) is 11.1. The first-order valence-corrected chi connectivity index (χ1v) is 6.69. The van der Waals surface area contributed by atoms with Gasteiger partial charge < -0.3 is 10.4 Å². The van der Waals surface area contributed by atoms with E-state index in [-0.39, 0.29) is 11.3 Å². The Labute approximate surface area is 117 Å². The number of hydrogen-bond donors (Lipinski definition) is 2. The van der Waals surface area contributed by atoms with Crippen LogP contribution >= 0.6 is 0 Å². The lowest BCUT2D eigenvalue weighted by Crippen LogP contribution is -2.38. The Bertz CT molecular complexity index is 545. The summed E-state index contributed by atoms with van der Waals surface area (Å²) in [6.45, 7) is 0.371. The molecule has 1 aliphatic rings. The summed E-state index contributed by atoms with van der Waals surface area (Å²) >= 11 is 0. The minimum Gasteiger partial charge on any atom is -0.388 e. The van der Waals surface area contributed by atoms with E-state index < -0.39 is 10.5 Å². The molecule has 106 valence electrons. The van der Waals surface area contributed by atoms with Gasteiger partial charge in [0.2, 0.25) is 0 Å². The maximum Gasteiger partial charge on any atom is 0.289 e. The molecular formula is C14H17N3O3. The number of nitro benzene ring substituents is 1. The number of anilines is 1. The van der Waals surface area contributed by atoms with E-state index in [1.165, 1.54) is 12.1 Å². The summed E-state index contributed by atoms with van der Waals surface area (Å²) in [6.07, 6.45) is 4.65. The molecule has 1 saturated carbocycles. The lowest BCUT2D eigenvalue weighted by atomic mass is 9.85. The first-order chi connectivity index (χ1) is 9.54. The Morgan fingerprint density at radius 3 is 2.70 bits per heavy atom. The highest BCUT2D eigenvalue weighted by molar-refractivity contribution is 5.59. The van der Waals surface area contributed by atoms with Crippen molar-refractivity contribution < 1.29 is 10.0 Å². The van der Waals surface area contributed by atoms with Crippen LogP contribution in [0.2, 0.25) is 0 Å². The van der Waals surface area contributed by atoms with Crippen molar-refractivity contribution in [3.8, 4) is 6.07 Å². The fraction of sp³-hybridized carbons (Fsp3) is 0.500. The van der Waals surface area contributed by atoms with Crippen LogP contribution in [-0.4, -0.2) is 22.2 Å². The minimum absolute atomic E-state index is 0.0388. The van der Waals surface area contributed by atoms with E-state index in [0.29, 0.717) is 12.2 Å². The molecule has 20 heavy (non-hydrogen) atoms. The molecule has 0 saturated heterocycles. The van der Waals surface area contributed by atoms with E-state index >= 15 is 0 Å². The van der Waals surface area contributed by atoms with Crippen LogP contribution in [0.3, 0.4) is 0 Å². The molecule has 6 nitrogen and oxygen atoms in total. The first kappa shape index (κ1) is 14.3. The third-order valence-corrected chi connectivity index (χ3v) is 3.72. The summed E-state index contributed by atoms with van der Waals surface area (Å²) < 4.78 is 0. The lowest BCUT2D eigenvalue weighted by molar-refractivity contribution is -0.385. The number of aliphatic hydroxyl groups is 1. The number of hydrogen-bond acceptors (Lipinski definition) is 5. The average Bonchev–Trinajstić information content (AvgIpc) is 2.45. The Hall–Kier alpha value is -2.13. The molecule has 2 rings (SSSR count). The highest BCUT2D eigenvalue weighted by Gasteiger charge is 2.28. The van der Waals surface area contributed by atoms with Crippen molar-refractivity contribution in [2.24, 2.45) is 0 Å². The Kier molecular flexibility index (Phi) is 4.20. The monoisotopic (exact) mass is 275 g/mol. The maximum absolute atomic E-state index is 10.9. The second-order valence-corrected chi connectivity index (χ2v) is 5.24. The molecule has 0 radical (unpaired) electrons. The zero-order chi connectivity index (χ0) is 14.6. The van der Waals surface area contributed by atoms with Crippen molar-refractivity contribution in [2.75, 3.05) is 11.9 Å². The van der Waals surface area contributed by atoms with Crippen LogP contribution in [0.25, 0.3) is 0 Å². The van der Waals surface area contributed by atoms with Gasteiger partial charge in [-0.3, -0.25) is 10.1 Å². The van der Waals surface area contributed by atoms with Crippen molar-refractivity contribution in [3.05, 3.63) is 33.9 Å². The van der Waals surface area contributed by atoms with E-state index in [4.69, 9.17) is 5.26 Å². The summed E-state index contributed by atoms with van der Waals surface area (Å²) in [5.41, 5.74) is -0.360. The van der Waals surface area contributed by atoms with Gasteiger partial charge in [-0.05, 0) is 25.0 Å². The van der Waals surface area contributed by atoms with E-state index in [9.17, 15) is 15.2 Å². The smallest absolute Gasteiger partial charge is 0.289 e. The van der Waals surface area contributed by atoms with Crippen molar-refractivity contribution in [2.45, 2.75) is 37.7 Å². The summed E-state index contributed by atoms with van der Waals surface area (Å²) in [6, 6.07) is 6.18. The summed E-state index contributed by atoms with van der Waals surface area (Å²) in [7, 11) is 0. The lowest BCUT2D eigenvalue weighted by Gasteiger charge is -2.32. The molecule has 0 bridgehead atoms. The number of nitro groups is 1. The van der Waals surface area contributed by atoms with Crippen LogP contribution in [0, 0.1) is 21.4 Å². The zero-order valence-corrected chi connectivity index (χ0v) is 11.1. The topological polar surface area (TPSA) is 99.2 Å². The second-order valence-electron chi connectivity index (χ2n) is 5.24. The summed E-state index contributed by atoms with van der Waals surface area (Å²) in [5.74, 6) is 0. The van der Waals surface area contributed by atoms with Crippen LogP contribution in [0.15, 0.2) is 18.2 Å². The fourth-order valence-corrected chi connectivity index (χ4v) is 2.54. The van der Waals surface area contributed by atoms with Gasteiger partial charge in [0.15, 0.2) is 0 Å². The fourth-order valence-electron chi connectivity index (χ4n) is 2.54. The normalized spacial score (nSPS) is 17.2. The van der Waals surface area contributed by atoms with Gasteiger partial charge in [0.25, 0.3) is 5.69 Å². The summed E-state index contributed by atoms with van der Waals surface area (Å²) in [5, 5.41) is 33.1. The van der Waals surface area contributed by atoms with Gasteiger partial charge in [0, 0.05) is 18.3 Å². The van der Waals surface area contributed by atoms with Crippen molar-refractivity contribution in [1.82, 2.24) is 0 Å². The molecule has 1 aromatic carbocycles.